The van der Waals surface area contributed by atoms with E-state index in [9.17, 15) is 4.39 Å². The summed E-state index contributed by atoms with van der Waals surface area (Å²) in [7, 11) is 0. The first-order valence-corrected chi connectivity index (χ1v) is 8.02. The van der Waals surface area contributed by atoms with Gasteiger partial charge in [0.2, 0.25) is 0 Å². The van der Waals surface area contributed by atoms with E-state index >= 15 is 0 Å². The smallest absolute Gasteiger partial charge is 0.145 e. The fourth-order valence-corrected chi connectivity index (χ4v) is 3.11. The third kappa shape index (κ3) is 2.28. The predicted molar refractivity (Wildman–Crippen MR) is 95.6 cm³/mol. The van der Waals surface area contributed by atoms with Gasteiger partial charge >= 0.3 is 0 Å². The summed E-state index contributed by atoms with van der Waals surface area (Å²) in [6, 6.07) is 15.8. The molecular weight excluding hydrogens is 301 g/mol. The Balaban J connectivity index is 2.00. The van der Waals surface area contributed by atoms with Crippen LogP contribution in [0, 0.1) is 5.82 Å². The molecule has 0 fully saturated rings. The van der Waals surface area contributed by atoms with Gasteiger partial charge in [-0.2, -0.15) is 0 Å². The van der Waals surface area contributed by atoms with Crippen LogP contribution >= 0.6 is 0 Å². The number of furan rings is 1. The normalized spacial score (nSPS) is 12.2. The number of benzene rings is 2. The molecule has 3 heteroatoms. The molecular formula is C21H18FNO. The zero-order valence-corrected chi connectivity index (χ0v) is 13.9. The van der Waals surface area contributed by atoms with E-state index < -0.39 is 0 Å². The number of aromatic nitrogens is 1. The van der Waals surface area contributed by atoms with E-state index in [2.05, 4.69) is 4.98 Å². The van der Waals surface area contributed by atoms with Crippen molar-refractivity contribution in [2.45, 2.75) is 26.2 Å². The van der Waals surface area contributed by atoms with E-state index in [4.69, 9.17) is 4.42 Å². The van der Waals surface area contributed by atoms with Crippen LogP contribution in [0.2, 0.25) is 0 Å². The molecule has 4 aromatic rings. The molecule has 2 heterocycles. The summed E-state index contributed by atoms with van der Waals surface area (Å²) in [6.45, 7) is 5.99. The molecule has 0 saturated heterocycles. The van der Waals surface area contributed by atoms with E-state index in [1.165, 1.54) is 6.20 Å². The van der Waals surface area contributed by atoms with Crippen molar-refractivity contribution in [3.05, 3.63) is 66.1 Å². The van der Waals surface area contributed by atoms with Crippen LogP contribution in [-0.4, -0.2) is 4.98 Å². The highest BCUT2D eigenvalue weighted by molar-refractivity contribution is 6.09. The summed E-state index contributed by atoms with van der Waals surface area (Å²) in [5, 5.41) is 2.12. The van der Waals surface area contributed by atoms with Crippen molar-refractivity contribution in [2.24, 2.45) is 0 Å². The molecule has 24 heavy (non-hydrogen) atoms. The molecule has 0 N–H and O–H groups in total. The molecule has 0 aliphatic carbocycles. The first-order valence-electron chi connectivity index (χ1n) is 8.02. The van der Waals surface area contributed by atoms with Crippen molar-refractivity contribution in [3.8, 4) is 11.3 Å². The van der Waals surface area contributed by atoms with Gasteiger partial charge in [-0.1, -0.05) is 51.1 Å². The van der Waals surface area contributed by atoms with Crippen LogP contribution in [0.4, 0.5) is 4.39 Å². The molecule has 4 rings (SSSR count). The molecule has 0 aliphatic heterocycles. The standard InChI is InChI=1S/C21H18FNO/c1-21(2,3)16-11-18(23-12-17(16)22)15-9-6-8-14-13-7-4-5-10-19(13)24-20(14)15/h4-12H,1-3H3. The minimum atomic E-state index is -0.288. The summed E-state index contributed by atoms with van der Waals surface area (Å²) in [4.78, 5) is 4.31. The second-order valence-electron chi connectivity index (χ2n) is 7.08. The van der Waals surface area contributed by atoms with Gasteiger partial charge < -0.3 is 4.42 Å². The molecule has 120 valence electrons. The van der Waals surface area contributed by atoms with Crippen LogP contribution in [0.25, 0.3) is 33.2 Å². The van der Waals surface area contributed by atoms with Crippen LogP contribution in [0.1, 0.15) is 26.3 Å². The number of hydrogen-bond acceptors (Lipinski definition) is 2. The topological polar surface area (TPSA) is 26.0 Å². The SMILES string of the molecule is CC(C)(C)c1cc(-c2cccc3c2oc2ccccc23)ncc1F. The van der Waals surface area contributed by atoms with Gasteiger partial charge in [-0.25, -0.2) is 4.39 Å². The molecule has 0 spiro atoms. The summed E-state index contributed by atoms with van der Waals surface area (Å²) < 4.78 is 20.2. The van der Waals surface area contributed by atoms with Gasteiger partial charge in [-0.3, -0.25) is 4.98 Å². The number of pyridine rings is 1. The van der Waals surface area contributed by atoms with Gasteiger partial charge in [-0.15, -0.1) is 0 Å². The van der Waals surface area contributed by atoms with E-state index in [-0.39, 0.29) is 11.2 Å². The summed E-state index contributed by atoms with van der Waals surface area (Å²) in [5.74, 6) is -0.275. The highest BCUT2D eigenvalue weighted by atomic mass is 19.1. The Morgan fingerprint density at radius 2 is 1.71 bits per heavy atom. The van der Waals surface area contributed by atoms with Crippen LogP contribution in [0.5, 0.6) is 0 Å². The molecule has 2 nitrogen and oxygen atoms in total. The lowest BCUT2D eigenvalue weighted by molar-refractivity contribution is 0.519. The van der Waals surface area contributed by atoms with Crippen molar-refractivity contribution >= 4 is 21.9 Å². The van der Waals surface area contributed by atoms with Crippen molar-refractivity contribution < 1.29 is 8.81 Å². The Kier molecular flexibility index (Phi) is 3.20. The minimum Gasteiger partial charge on any atom is -0.455 e. The first-order chi connectivity index (χ1) is 11.4. The maximum atomic E-state index is 14.2. The minimum absolute atomic E-state index is 0.275. The fourth-order valence-electron chi connectivity index (χ4n) is 3.11. The zero-order valence-electron chi connectivity index (χ0n) is 13.9. The third-order valence-electron chi connectivity index (χ3n) is 4.34. The van der Waals surface area contributed by atoms with Gasteiger partial charge in [0.1, 0.15) is 17.0 Å². The molecule has 0 unspecified atom stereocenters. The van der Waals surface area contributed by atoms with E-state index in [0.29, 0.717) is 5.56 Å². The van der Waals surface area contributed by atoms with Crippen molar-refractivity contribution in [2.75, 3.05) is 0 Å². The van der Waals surface area contributed by atoms with Crippen LogP contribution in [0.15, 0.2) is 59.1 Å². The number of hydrogen-bond donors (Lipinski definition) is 0. The van der Waals surface area contributed by atoms with Gasteiger partial charge in [0.15, 0.2) is 0 Å². The quantitative estimate of drug-likeness (QED) is 0.424. The van der Waals surface area contributed by atoms with Crippen LogP contribution in [0.3, 0.4) is 0 Å². The third-order valence-corrected chi connectivity index (χ3v) is 4.34. The van der Waals surface area contributed by atoms with Crippen molar-refractivity contribution in [3.63, 3.8) is 0 Å². The number of para-hydroxylation sites is 2. The average molecular weight is 319 g/mol. The number of rotatable bonds is 1. The van der Waals surface area contributed by atoms with Crippen molar-refractivity contribution in [1.29, 1.82) is 0 Å². The predicted octanol–water partition coefficient (Wildman–Crippen LogP) is 6.08. The molecule has 2 aromatic heterocycles. The molecule has 0 atom stereocenters. The Morgan fingerprint density at radius 1 is 0.958 bits per heavy atom. The maximum Gasteiger partial charge on any atom is 0.145 e. The Morgan fingerprint density at radius 3 is 2.50 bits per heavy atom. The highest BCUT2D eigenvalue weighted by Crippen LogP contribution is 2.36. The summed E-state index contributed by atoms with van der Waals surface area (Å²) >= 11 is 0. The van der Waals surface area contributed by atoms with Gasteiger partial charge in [0, 0.05) is 16.3 Å². The lowest BCUT2D eigenvalue weighted by atomic mass is 9.86. The first kappa shape index (κ1) is 14.9. The maximum absolute atomic E-state index is 14.2. The van der Waals surface area contributed by atoms with Gasteiger partial charge in [-0.05, 0) is 29.2 Å². The van der Waals surface area contributed by atoms with Crippen molar-refractivity contribution in [1.82, 2.24) is 4.98 Å². The fraction of sp³-hybridized carbons (Fsp3) is 0.190. The largest absolute Gasteiger partial charge is 0.455 e. The molecule has 2 aromatic carbocycles. The Labute approximate surface area is 139 Å². The summed E-state index contributed by atoms with van der Waals surface area (Å²) in [5.41, 5.74) is 3.61. The molecule has 0 aliphatic rings. The average Bonchev–Trinajstić information content (AvgIpc) is 2.93. The van der Waals surface area contributed by atoms with Gasteiger partial charge in [0.05, 0.1) is 11.9 Å². The summed E-state index contributed by atoms with van der Waals surface area (Å²) in [6.07, 6.45) is 1.30. The Hall–Kier alpha value is -2.68. The van der Waals surface area contributed by atoms with E-state index in [1.54, 1.807) is 0 Å². The Bertz CT molecular complexity index is 1060. The lowest BCUT2D eigenvalue weighted by Gasteiger charge is -2.20. The monoisotopic (exact) mass is 319 g/mol. The molecule has 0 amide bonds. The lowest BCUT2D eigenvalue weighted by Crippen LogP contribution is -2.14. The second kappa shape index (κ2) is 5.17. The second-order valence-corrected chi connectivity index (χ2v) is 7.08. The number of fused-ring (bicyclic) bond motifs is 3. The molecule has 0 bridgehead atoms. The molecule has 0 radical (unpaired) electrons. The number of halogens is 1. The van der Waals surface area contributed by atoms with E-state index in [0.717, 1.165) is 33.2 Å². The zero-order chi connectivity index (χ0) is 16.9. The molecule has 0 saturated carbocycles. The van der Waals surface area contributed by atoms with E-state index in [1.807, 2.05) is 69.3 Å². The van der Waals surface area contributed by atoms with Crippen LogP contribution in [-0.2, 0) is 5.41 Å². The number of nitrogens with zero attached hydrogens (tertiary/aromatic N) is 1. The van der Waals surface area contributed by atoms with Gasteiger partial charge in [0.25, 0.3) is 0 Å². The highest BCUT2D eigenvalue weighted by Gasteiger charge is 2.21. The van der Waals surface area contributed by atoms with Crippen LogP contribution < -0.4 is 0 Å².